The zero-order valence-corrected chi connectivity index (χ0v) is 13.6. The average molecular weight is 287 g/mol. The van der Waals surface area contributed by atoms with Crippen LogP contribution in [0.1, 0.15) is 33.1 Å². The maximum absolute atomic E-state index is 11.6. The van der Waals surface area contributed by atoms with Crippen molar-refractivity contribution in [2.75, 3.05) is 13.2 Å². The van der Waals surface area contributed by atoms with Gasteiger partial charge in [0.15, 0.2) is 0 Å². The van der Waals surface area contributed by atoms with E-state index in [-0.39, 0.29) is 12.2 Å². The number of carbonyl (C=O) groups excluding carboxylic acids is 1. The zero-order valence-electron chi connectivity index (χ0n) is 11.6. The molecule has 1 rings (SSSR count). The summed E-state index contributed by atoms with van der Waals surface area (Å²) in [4.78, 5) is 22.7. The fraction of sp³-hybridized carbons (Fsp3) is 0.667. The van der Waals surface area contributed by atoms with E-state index in [1.54, 1.807) is 6.92 Å². The summed E-state index contributed by atoms with van der Waals surface area (Å²) < 4.78 is 10.6. The van der Waals surface area contributed by atoms with Crippen molar-refractivity contribution in [1.29, 1.82) is 0 Å². The number of hydrogen-bond donors (Lipinski definition) is 2. The monoisotopic (exact) mass is 287 g/mol. The standard InChI is InChI=1S/C12H21NO5Si/c1-3-17-11(16)13-9(8(2)10(14)15)12(19)6-4-5-7-18-12/h3-7H2,1-2,19H3,(H,13,16)(H,14,15). The van der Waals surface area contributed by atoms with E-state index in [0.717, 1.165) is 19.3 Å². The quantitative estimate of drug-likeness (QED) is 0.576. The topological polar surface area (TPSA) is 84.9 Å². The number of hydrogen-bond acceptors (Lipinski definition) is 4. The predicted molar refractivity (Wildman–Crippen MR) is 73.0 cm³/mol. The van der Waals surface area contributed by atoms with Gasteiger partial charge in [-0.05, 0) is 33.1 Å². The van der Waals surface area contributed by atoms with Crippen LogP contribution < -0.4 is 5.32 Å². The molecule has 7 heteroatoms. The third-order valence-electron chi connectivity index (χ3n) is 3.20. The molecule has 0 bridgehead atoms. The van der Waals surface area contributed by atoms with Crippen LogP contribution >= 0.6 is 0 Å². The normalized spacial score (nSPS) is 24.5. The van der Waals surface area contributed by atoms with Crippen molar-refractivity contribution in [3.63, 3.8) is 0 Å². The molecule has 19 heavy (non-hydrogen) atoms. The minimum atomic E-state index is -1.06. The lowest BCUT2D eigenvalue weighted by atomic mass is 10.0. The maximum atomic E-state index is 11.6. The average Bonchev–Trinajstić information content (AvgIpc) is 2.36. The van der Waals surface area contributed by atoms with Gasteiger partial charge < -0.3 is 14.6 Å². The first-order valence-electron chi connectivity index (χ1n) is 6.43. The number of carboxylic acid groups (broad SMARTS) is 1. The lowest BCUT2D eigenvalue weighted by Crippen LogP contribution is -2.47. The Bertz CT molecular complexity index is 388. The minimum Gasteiger partial charge on any atom is -0.478 e. The number of carbonyl (C=O) groups is 2. The van der Waals surface area contributed by atoms with Gasteiger partial charge in [0.05, 0.1) is 33.3 Å². The molecule has 1 aliphatic heterocycles. The summed E-state index contributed by atoms with van der Waals surface area (Å²) >= 11 is 0. The number of nitrogens with one attached hydrogen (secondary N) is 1. The predicted octanol–water partition coefficient (Wildman–Crippen LogP) is 0.353. The molecular weight excluding hydrogens is 266 g/mol. The number of ether oxygens (including phenoxy) is 2. The SMILES string of the molecule is CCOC(=O)NC(=C(C)C(=O)O)C1([SiH3])CCCCO1. The highest BCUT2D eigenvalue weighted by Crippen LogP contribution is 2.29. The summed E-state index contributed by atoms with van der Waals surface area (Å²) in [6.45, 7) is 3.99. The van der Waals surface area contributed by atoms with Gasteiger partial charge in [-0.3, -0.25) is 5.32 Å². The highest BCUT2D eigenvalue weighted by Gasteiger charge is 2.36. The molecule has 1 heterocycles. The number of amides is 1. The molecule has 1 fully saturated rings. The van der Waals surface area contributed by atoms with E-state index in [9.17, 15) is 9.59 Å². The Balaban J connectivity index is 3.02. The van der Waals surface area contributed by atoms with E-state index in [2.05, 4.69) is 5.32 Å². The van der Waals surface area contributed by atoms with Gasteiger partial charge >= 0.3 is 12.1 Å². The molecular formula is C12H21NO5Si. The first-order valence-corrected chi connectivity index (χ1v) is 7.43. The highest BCUT2D eigenvalue weighted by atomic mass is 28.1. The van der Waals surface area contributed by atoms with Crippen molar-refractivity contribution in [1.82, 2.24) is 5.32 Å². The molecule has 0 aromatic heterocycles. The maximum Gasteiger partial charge on any atom is 0.411 e. The van der Waals surface area contributed by atoms with E-state index in [1.807, 2.05) is 0 Å². The number of alkyl carbamates (subject to hydrolysis) is 1. The third kappa shape index (κ3) is 4.07. The van der Waals surface area contributed by atoms with Gasteiger partial charge in [0.2, 0.25) is 0 Å². The van der Waals surface area contributed by atoms with Crippen LogP contribution in [0.15, 0.2) is 11.3 Å². The van der Waals surface area contributed by atoms with Crippen LogP contribution in [-0.4, -0.2) is 45.8 Å². The zero-order chi connectivity index (χ0) is 14.5. The first kappa shape index (κ1) is 15.7. The minimum absolute atomic E-state index is 0.102. The van der Waals surface area contributed by atoms with Gasteiger partial charge in [-0.1, -0.05) is 0 Å². The fourth-order valence-corrected chi connectivity index (χ4v) is 3.19. The van der Waals surface area contributed by atoms with E-state index in [4.69, 9.17) is 14.6 Å². The van der Waals surface area contributed by atoms with Crippen LogP contribution in [0.5, 0.6) is 0 Å². The van der Waals surface area contributed by atoms with Crippen LogP contribution in [0.3, 0.4) is 0 Å². The molecule has 0 aromatic rings. The van der Waals surface area contributed by atoms with Crippen LogP contribution in [-0.2, 0) is 14.3 Å². The van der Waals surface area contributed by atoms with Crippen LogP contribution in [0, 0.1) is 0 Å². The molecule has 1 aliphatic rings. The summed E-state index contributed by atoms with van der Waals surface area (Å²) in [6.07, 6.45) is 2.01. The Kier molecular flexibility index (Phi) is 5.55. The molecule has 2 N–H and O–H groups in total. The van der Waals surface area contributed by atoms with E-state index >= 15 is 0 Å². The van der Waals surface area contributed by atoms with Crippen molar-refractivity contribution >= 4 is 22.3 Å². The Morgan fingerprint density at radius 2 is 2.16 bits per heavy atom. The van der Waals surface area contributed by atoms with Crippen molar-refractivity contribution < 1.29 is 24.2 Å². The van der Waals surface area contributed by atoms with E-state index < -0.39 is 17.3 Å². The molecule has 6 nitrogen and oxygen atoms in total. The van der Waals surface area contributed by atoms with Crippen LogP contribution in [0.2, 0.25) is 0 Å². The molecule has 0 saturated carbocycles. The molecule has 1 unspecified atom stereocenters. The summed E-state index contributed by atoms with van der Waals surface area (Å²) in [5.41, 5.74) is 0.440. The van der Waals surface area contributed by atoms with Crippen molar-refractivity contribution in [2.24, 2.45) is 0 Å². The second-order valence-corrected chi connectivity index (χ2v) is 6.30. The van der Waals surface area contributed by atoms with Gasteiger partial charge in [-0.15, -0.1) is 0 Å². The first-order chi connectivity index (χ1) is 8.90. The van der Waals surface area contributed by atoms with Gasteiger partial charge in [-0.2, -0.15) is 0 Å². The molecule has 108 valence electrons. The van der Waals surface area contributed by atoms with E-state index in [1.165, 1.54) is 6.92 Å². The largest absolute Gasteiger partial charge is 0.478 e. The van der Waals surface area contributed by atoms with Gasteiger partial charge in [0.25, 0.3) is 0 Å². The second-order valence-electron chi connectivity index (χ2n) is 4.69. The van der Waals surface area contributed by atoms with Crippen LogP contribution in [0.4, 0.5) is 4.79 Å². The van der Waals surface area contributed by atoms with Crippen LogP contribution in [0.25, 0.3) is 0 Å². The second kappa shape index (κ2) is 6.72. The Morgan fingerprint density at radius 3 is 2.63 bits per heavy atom. The smallest absolute Gasteiger partial charge is 0.411 e. The fourth-order valence-electron chi connectivity index (χ4n) is 2.13. The summed E-state index contributed by atoms with van der Waals surface area (Å²) in [5.74, 6) is -1.06. The van der Waals surface area contributed by atoms with Crippen molar-refractivity contribution in [2.45, 2.75) is 38.3 Å². The molecule has 0 aliphatic carbocycles. The van der Waals surface area contributed by atoms with Crippen molar-refractivity contribution in [3.05, 3.63) is 11.3 Å². The van der Waals surface area contributed by atoms with Gasteiger partial charge in [-0.25, -0.2) is 9.59 Å². The summed E-state index contributed by atoms with van der Waals surface area (Å²) in [5, 5.41) is 11.1. The molecule has 0 spiro atoms. The molecule has 1 saturated heterocycles. The summed E-state index contributed by atoms with van der Waals surface area (Å²) in [7, 11) is 0.603. The summed E-state index contributed by atoms with van der Waals surface area (Å²) in [6, 6.07) is 0. The van der Waals surface area contributed by atoms with Crippen molar-refractivity contribution in [3.8, 4) is 0 Å². The lowest BCUT2D eigenvalue weighted by Gasteiger charge is -2.36. The molecule has 0 radical (unpaired) electrons. The van der Waals surface area contributed by atoms with Gasteiger partial charge in [0.1, 0.15) is 0 Å². The Morgan fingerprint density at radius 1 is 1.47 bits per heavy atom. The molecule has 0 aromatic carbocycles. The lowest BCUT2D eigenvalue weighted by molar-refractivity contribution is -0.132. The Hall–Kier alpha value is -1.34. The van der Waals surface area contributed by atoms with E-state index in [0.29, 0.717) is 22.5 Å². The van der Waals surface area contributed by atoms with Gasteiger partial charge in [0, 0.05) is 6.61 Å². The number of rotatable bonds is 4. The number of aliphatic carboxylic acids is 1. The number of carboxylic acids is 1. The third-order valence-corrected chi connectivity index (χ3v) is 4.48. The molecule has 1 atom stereocenters. The Labute approximate surface area is 115 Å². The highest BCUT2D eigenvalue weighted by molar-refractivity contribution is 6.17. The molecule has 1 amide bonds.